The molecule has 0 aliphatic carbocycles. The summed E-state index contributed by atoms with van der Waals surface area (Å²) in [5.41, 5.74) is 0.368. The summed E-state index contributed by atoms with van der Waals surface area (Å²) >= 11 is 0. The van der Waals surface area contributed by atoms with E-state index in [2.05, 4.69) is 47.6 Å². The molecule has 11 heteroatoms. The van der Waals surface area contributed by atoms with Crippen LogP contribution in [0.25, 0.3) is 0 Å². The maximum Gasteiger partial charge on any atom is 0.319 e. The van der Waals surface area contributed by atoms with Gasteiger partial charge in [0.15, 0.2) is 12.1 Å². The number of rotatable bonds is 7. The molecule has 1 aromatic heterocycles. The Balaban J connectivity index is 0.00000332. The number of hydrogen-bond donors (Lipinski definition) is 1. The molecule has 0 saturated carbocycles. The SMILES string of the molecule is CC.CO[C@]1(C)CCCN(C)C(C2CCN(Cc3c(C)ccn3C)CC2)COC(=O)C(C)(C)C(=O)[C@H](C)[C@H]1OC1OC(C)CC(N(C)C)[C@H]1O. The van der Waals surface area contributed by atoms with Gasteiger partial charge >= 0.3 is 5.97 Å². The number of ether oxygens (including phenoxy) is 4. The Morgan fingerprint density at radius 1 is 1.06 bits per heavy atom. The van der Waals surface area contributed by atoms with Gasteiger partial charge in [-0.2, -0.15) is 0 Å². The number of piperidine rings is 1. The maximum absolute atomic E-state index is 14.2. The Labute approximate surface area is 302 Å². The number of aliphatic hydroxyl groups is 1. The molecule has 0 bridgehead atoms. The molecule has 0 aromatic carbocycles. The van der Waals surface area contributed by atoms with Crippen LogP contribution < -0.4 is 0 Å². The largest absolute Gasteiger partial charge is 0.463 e. The molecule has 11 nitrogen and oxygen atoms in total. The van der Waals surface area contributed by atoms with Crippen molar-refractivity contribution in [1.29, 1.82) is 0 Å². The van der Waals surface area contributed by atoms with Crippen molar-refractivity contribution in [3.05, 3.63) is 23.5 Å². The number of esters is 1. The lowest BCUT2D eigenvalue weighted by atomic mass is 9.75. The van der Waals surface area contributed by atoms with Gasteiger partial charge < -0.3 is 33.5 Å². The van der Waals surface area contributed by atoms with Gasteiger partial charge in [0, 0.05) is 50.6 Å². The number of methoxy groups -OCH3 is 1. The summed E-state index contributed by atoms with van der Waals surface area (Å²) in [6.07, 6.45) is 3.40. The summed E-state index contributed by atoms with van der Waals surface area (Å²) in [7, 11) is 9.73. The summed E-state index contributed by atoms with van der Waals surface area (Å²) in [6.45, 7) is 19.1. The van der Waals surface area contributed by atoms with Gasteiger partial charge in [0.2, 0.25) is 0 Å². The van der Waals surface area contributed by atoms with Crippen molar-refractivity contribution in [2.75, 3.05) is 54.5 Å². The number of aromatic nitrogens is 1. The van der Waals surface area contributed by atoms with Crippen molar-refractivity contribution in [1.82, 2.24) is 19.3 Å². The summed E-state index contributed by atoms with van der Waals surface area (Å²) in [5.74, 6) is -1.19. The average Bonchev–Trinajstić information content (AvgIpc) is 3.40. The van der Waals surface area contributed by atoms with Crippen LogP contribution in [0.15, 0.2) is 12.3 Å². The Kier molecular flexibility index (Phi) is 15.5. The smallest absolute Gasteiger partial charge is 0.319 e. The molecule has 3 aliphatic rings. The molecule has 8 atom stereocenters. The van der Waals surface area contributed by atoms with Crippen LogP contribution in [0.3, 0.4) is 0 Å². The molecule has 288 valence electrons. The Hall–Kier alpha value is -1.86. The average molecular weight is 707 g/mol. The molecule has 1 N–H and O–H groups in total. The first-order chi connectivity index (χ1) is 23.5. The van der Waals surface area contributed by atoms with E-state index >= 15 is 0 Å². The number of carbonyl (C=O) groups is 2. The lowest BCUT2D eigenvalue weighted by Crippen LogP contribution is -2.59. The van der Waals surface area contributed by atoms with Crippen molar-refractivity contribution in [2.45, 2.75) is 136 Å². The van der Waals surface area contributed by atoms with Crippen molar-refractivity contribution in [3.8, 4) is 0 Å². The van der Waals surface area contributed by atoms with Crippen LogP contribution in [-0.4, -0.2) is 133 Å². The highest BCUT2D eigenvalue weighted by Gasteiger charge is 2.51. The zero-order chi connectivity index (χ0) is 37.6. The van der Waals surface area contributed by atoms with E-state index in [4.69, 9.17) is 18.9 Å². The van der Waals surface area contributed by atoms with Gasteiger partial charge in [-0.05, 0) is 125 Å². The molecule has 0 spiro atoms. The second kappa shape index (κ2) is 18.3. The number of carbonyl (C=O) groups excluding carboxylic acids is 2. The number of likely N-dealkylation sites (tertiary alicyclic amines) is 1. The number of ketones is 1. The molecular formula is C39H70N4O7. The van der Waals surface area contributed by atoms with Crippen LogP contribution in [0.1, 0.15) is 91.8 Å². The monoisotopic (exact) mass is 707 g/mol. The third kappa shape index (κ3) is 9.76. The fourth-order valence-electron chi connectivity index (χ4n) is 8.20. The number of cyclic esters (lactones) is 1. The van der Waals surface area contributed by atoms with E-state index in [1.54, 1.807) is 27.9 Å². The number of likely N-dealkylation sites (N-methyl/N-ethyl adjacent to an activating group) is 2. The highest BCUT2D eigenvalue weighted by molar-refractivity contribution is 6.04. The van der Waals surface area contributed by atoms with Crippen LogP contribution in [0.2, 0.25) is 0 Å². The molecule has 3 fully saturated rings. The number of Topliss-reactive ketones (excluding diaryl/α,β-unsaturated/α-hetero) is 1. The van der Waals surface area contributed by atoms with Crippen LogP contribution in [0.5, 0.6) is 0 Å². The number of aryl methyl sites for hydroxylation is 2. The Morgan fingerprint density at radius 2 is 1.70 bits per heavy atom. The van der Waals surface area contributed by atoms with Crippen LogP contribution in [0.4, 0.5) is 0 Å². The van der Waals surface area contributed by atoms with E-state index in [0.717, 1.165) is 45.4 Å². The van der Waals surface area contributed by atoms with Gasteiger partial charge in [-0.15, -0.1) is 0 Å². The second-order valence-corrected chi connectivity index (χ2v) is 15.8. The highest BCUT2D eigenvalue weighted by atomic mass is 16.7. The summed E-state index contributed by atoms with van der Waals surface area (Å²) in [5, 5.41) is 11.3. The van der Waals surface area contributed by atoms with Gasteiger partial charge in [0.1, 0.15) is 18.1 Å². The molecule has 4 rings (SSSR count). The van der Waals surface area contributed by atoms with Gasteiger partial charge in [-0.25, -0.2) is 0 Å². The van der Waals surface area contributed by atoms with Crippen LogP contribution in [0, 0.1) is 24.2 Å². The fraction of sp³-hybridized carbons (Fsp3) is 0.846. The summed E-state index contributed by atoms with van der Waals surface area (Å²) in [6, 6.07) is 2.04. The minimum Gasteiger partial charge on any atom is -0.463 e. The summed E-state index contributed by atoms with van der Waals surface area (Å²) < 4.78 is 27.2. The lowest BCUT2D eigenvalue weighted by Gasteiger charge is -2.46. The van der Waals surface area contributed by atoms with Crippen molar-refractivity contribution in [3.63, 3.8) is 0 Å². The van der Waals surface area contributed by atoms with Crippen LogP contribution in [-0.2, 0) is 42.1 Å². The standard InChI is InChI=1S/C37H64N4O7.C2H6/c1-24-13-18-40(10)29(24)22-41-19-14-27(15-20-41)30-23-46-35(44)36(4,5)32(43)26(3)33(37(6,45-11)16-12-17-39(30)9)48-34-31(42)28(38(7)8)21-25(2)47-34;1-2/h13,18,25-28,30-31,33-34,42H,12,14-17,19-23H2,1-11H3;1-2H3/t25?,26-,28?,30?,31+,33+,34?,37+;/m0./s1. The lowest BCUT2D eigenvalue weighted by molar-refractivity contribution is -0.295. The van der Waals surface area contributed by atoms with Gasteiger partial charge in [-0.3, -0.25) is 19.4 Å². The van der Waals surface area contributed by atoms with E-state index in [0.29, 0.717) is 18.8 Å². The van der Waals surface area contributed by atoms with Gasteiger partial charge in [0.05, 0.1) is 17.8 Å². The summed E-state index contributed by atoms with van der Waals surface area (Å²) in [4.78, 5) is 34.8. The molecule has 50 heavy (non-hydrogen) atoms. The normalized spacial score (nSPS) is 34.3. The molecular weight excluding hydrogens is 636 g/mol. The zero-order valence-corrected chi connectivity index (χ0v) is 33.5. The highest BCUT2D eigenvalue weighted by Crippen LogP contribution is 2.38. The van der Waals surface area contributed by atoms with E-state index in [-0.39, 0.29) is 30.6 Å². The molecule has 3 aliphatic heterocycles. The molecule has 1 aromatic rings. The van der Waals surface area contributed by atoms with E-state index in [9.17, 15) is 14.7 Å². The maximum atomic E-state index is 14.2. The third-order valence-electron chi connectivity index (χ3n) is 11.7. The third-order valence-corrected chi connectivity index (χ3v) is 11.7. The molecule has 4 heterocycles. The Morgan fingerprint density at radius 3 is 2.26 bits per heavy atom. The predicted octanol–water partition coefficient (Wildman–Crippen LogP) is 4.66. The molecule has 3 saturated heterocycles. The van der Waals surface area contributed by atoms with Crippen molar-refractivity contribution < 1.29 is 33.6 Å². The van der Waals surface area contributed by atoms with Gasteiger partial charge in [0.25, 0.3) is 0 Å². The van der Waals surface area contributed by atoms with E-state index in [1.165, 1.54) is 11.3 Å². The first-order valence-corrected chi connectivity index (χ1v) is 19.0. The first-order valence-electron chi connectivity index (χ1n) is 19.0. The van der Waals surface area contributed by atoms with Gasteiger partial charge in [-0.1, -0.05) is 20.8 Å². The quantitative estimate of drug-likeness (QED) is 0.318. The first kappa shape index (κ1) is 42.6. The number of nitrogens with zero attached hydrogens (tertiary/aromatic N) is 4. The predicted molar refractivity (Wildman–Crippen MR) is 197 cm³/mol. The minimum atomic E-state index is -1.41. The number of aliphatic hydroxyl groups excluding tert-OH is 1. The fourth-order valence-corrected chi connectivity index (χ4v) is 8.20. The van der Waals surface area contributed by atoms with Crippen LogP contribution >= 0.6 is 0 Å². The van der Waals surface area contributed by atoms with Crippen molar-refractivity contribution in [2.24, 2.45) is 24.3 Å². The topological polar surface area (TPSA) is 106 Å². The second-order valence-electron chi connectivity index (χ2n) is 15.8. The van der Waals surface area contributed by atoms with E-state index < -0.39 is 41.4 Å². The molecule has 0 amide bonds. The molecule has 0 radical (unpaired) electrons. The zero-order valence-electron chi connectivity index (χ0n) is 33.5. The molecule has 4 unspecified atom stereocenters. The number of hydrogen-bond acceptors (Lipinski definition) is 10. The Bertz CT molecular complexity index is 1210. The minimum absolute atomic E-state index is 0.0352. The van der Waals surface area contributed by atoms with Crippen molar-refractivity contribution >= 4 is 11.8 Å². The van der Waals surface area contributed by atoms with E-state index in [1.807, 2.05) is 46.7 Å².